The molecule has 0 unspecified atom stereocenters. The highest BCUT2D eigenvalue weighted by atomic mass is 16.5. The molecule has 1 N–H and O–H groups in total. The molecular weight excluding hydrogens is 410 g/mol. The molecule has 0 spiro atoms. The molecule has 0 radical (unpaired) electrons. The Bertz CT molecular complexity index is 1110. The Morgan fingerprint density at radius 3 is 2.39 bits per heavy atom. The first-order valence-electron chi connectivity index (χ1n) is 11.1. The first-order valence-corrected chi connectivity index (χ1v) is 11.1. The lowest BCUT2D eigenvalue weighted by molar-refractivity contribution is -0.152. The molecule has 170 valence electrons. The molecule has 33 heavy (non-hydrogen) atoms. The number of carbonyl (C=O) groups is 1. The minimum Gasteiger partial charge on any atom is -0.497 e. The Balaban J connectivity index is 1.53. The van der Waals surface area contributed by atoms with Crippen molar-refractivity contribution in [3.05, 3.63) is 101 Å². The number of hydrogen-bond donors (Lipinski definition) is 1. The summed E-state index contributed by atoms with van der Waals surface area (Å²) in [5, 5.41) is 3.53. The Kier molecular flexibility index (Phi) is 8.29. The number of ether oxygens (including phenoxy) is 2. The maximum atomic E-state index is 12.5. The number of benzene rings is 3. The van der Waals surface area contributed by atoms with Crippen LogP contribution >= 0.6 is 0 Å². The molecule has 0 aromatic heterocycles. The molecule has 0 saturated heterocycles. The minimum atomic E-state index is -0.888. The molecule has 0 bridgehead atoms. The molecule has 0 aliphatic carbocycles. The highest BCUT2D eigenvalue weighted by Gasteiger charge is 2.27. The van der Waals surface area contributed by atoms with Gasteiger partial charge in [0.2, 0.25) is 0 Å². The molecule has 0 aliphatic rings. The van der Waals surface area contributed by atoms with Crippen molar-refractivity contribution in [1.29, 1.82) is 0 Å². The number of esters is 1. The van der Waals surface area contributed by atoms with Crippen molar-refractivity contribution < 1.29 is 14.3 Å². The standard InChI is InChI=1S/C29H31NO3/c1-22(26-11-8-12-27(19-26)32-4)30-20-24-15-13-23(14-16-24)17-18-29(2,3)28(31)33-21-25-9-6-5-7-10-25/h5-16,19,22,30H,20-21H2,1-4H3/t22-/m1/s1. The zero-order valence-electron chi connectivity index (χ0n) is 19.7. The number of nitrogens with one attached hydrogen (secondary N) is 1. The molecule has 0 saturated carbocycles. The van der Waals surface area contributed by atoms with Crippen molar-refractivity contribution in [2.45, 2.75) is 40.0 Å². The summed E-state index contributed by atoms with van der Waals surface area (Å²) in [6.07, 6.45) is 0. The van der Waals surface area contributed by atoms with Crippen molar-refractivity contribution in [3.63, 3.8) is 0 Å². The average Bonchev–Trinajstić information content (AvgIpc) is 2.85. The number of hydrogen-bond acceptors (Lipinski definition) is 4. The van der Waals surface area contributed by atoms with Crippen LogP contribution < -0.4 is 10.1 Å². The zero-order valence-corrected chi connectivity index (χ0v) is 19.7. The maximum absolute atomic E-state index is 12.5. The van der Waals surface area contributed by atoms with Gasteiger partial charge in [-0.3, -0.25) is 4.79 Å². The van der Waals surface area contributed by atoms with Crippen LogP contribution in [-0.4, -0.2) is 13.1 Å². The van der Waals surface area contributed by atoms with Gasteiger partial charge in [0.05, 0.1) is 7.11 Å². The Hall–Kier alpha value is -3.55. The molecule has 1 atom stereocenters. The lowest BCUT2D eigenvalue weighted by atomic mass is 9.94. The molecule has 4 heteroatoms. The summed E-state index contributed by atoms with van der Waals surface area (Å²) >= 11 is 0. The van der Waals surface area contributed by atoms with Crippen LogP contribution in [0, 0.1) is 17.3 Å². The van der Waals surface area contributed by atoms with Gasteiger partial charge in [-0.2, -0.15) is 0 Å². The summed E-state index contributed by atoms with van der Waals surface area (Å²) in [5.41, 5.74) is 3.28. The van der Waals surface area contributed by atoms with Crippen LogP contribution in [0.15, 0.2) is 78.9 Å². The predicted octanol–water partition coefficient (Wildman–Crippen LogP) is 5.67. The summed E-state index contributed by atoms with van der Waals surface area (Å²) in [6, 6.07) is 26.0. The highest BCUT2D eigenvalue weighted by molar-refractivity contribution is 5.79. The third-order valence-electron chi connectivity index (χ3n) is 5.40. The summed E-state index contributed by atoms with van der Waals surface area (Å²) in [5.74, 6) is 6.70. The molecule has 4 nitrogen and oxygen atoms in total. The fraction of sp³-hybridized carbons (Fsp3) is 0.276. The molecule has 3 aromatic rings. The van der Waals surface area contributed by atoms with Gasteiger partial charge in [-0.25, -0.2) is 0 Å². The number of carbonyl (C=O) groups excluding carboxylic acids is 1. The number of methoxy groups -OCH3 is 1. The van der Waals surface area contributed by atoms with Crippen LogP contribution in [0.25, 0.3) is 0 Å². The lowest BCUT2D eigenvalue weighted by Gasteiger charge is -2.16. The molecular formula is C29H31NO3. The predicted molar refractivity (Wildman–Crippen MR) is 132 cm³/mol. The van der Waals surface area contributed by atoms with Gasteiger partial charge in [0.15, 0.2) is 0 Å². The first kappa shape index (κ1) is 24.1. The van der Waals surface area contributed by atoms with E-state index in [4.69, 9.17) is 9.47 Å². The van der Waals surface area contributed by atoms with E-state index in [1.807, 2.05) is 60.7 Å². The van der Waals surface area contributed by atoms with E-state index in [-0.39, 0.29) is 18.6 Å². The van der Waals surface area contributed by atoms with Crippen molar-refractivity contribution in [3.8, 4) is 17.6 Å². The third-order valence-corrected chi connectivity index (χ3v) is 5.40. The van der Waals surface area contributed by atoms with E-state index in [9.17, 15) is 4.79 Å². The van der Waals surface area contributed by atoms with E-state index in [2.05, 4.69) is 42.3 Å². The van der Waals surface area contributed by atoms with Crippen LogP contribution in [-0.2, 0) is 22.7 Å². The number of rotatable bonds is 8. The quantitative estimate of drug-likeness (QED) is 0.362. The van der Waals surface area contributed by atoms with E-state index in [1.54, 1.807) is 21.0 Å². The summed E-state index contributed by atoms with van der Waals surface area (Å²) in [4.78, 5) is 12.5. The van der Waals surface area contributed by atoms with Crippen LogP contribution in [0.5, 0.6) is 5.75 Å². The van der Waals surface area contributed by atoms with E-state index < -0.39 is 5.41 Å². The topological polar surface area (TPSA) is 47.6 Å². The average molecular weight is 442 g/mol. The van der Waals surface area contributed by atoms with Gasteiger partial charge >= 0.3 is 5.97 Å². The Morgan fingerprint density at radius 2 is 1.70 bits per heavy atom. The SMILES string of the molecule is COc1cccc([C@@H](C)NCc2ccc(C#CC(C)(C)C(=O)OCc3ccccc3)cc2)c1. The van der Waals surface area contributed by atoms with Crippen molar-refractivity contribution in [1.82, 2.24) is 5.32 Å². The molecule has 3 rings (SSSR count). The fourth-order valence-electron chi connectivity index (χ4n) is 3.19. The van der Waals surface area contributed by atoms with Crippen molar-refractivity contribution in [2.75, 3.05) is 7.11 Å². The second kappa shape index (κ2) is 11.4. The smallest absolute Gasteiger partial charge is 0.324 e. The van der Waals surface area contributed by atoms with Gasteiger partial charge in [-0.05, 0) is 61.7 Å². The summed E-state index contributed by atoms with van der Waals surface area (Å²) in [6.45, 7) is 6.69. The van der Waals surface area contributed by atoms with Gasteiger partial charge in [0, 0.05) is 18.2 Å². The van der Waals surface area contributed by atoms with Gasteiger partial charge in [0.25, 0.3) is 0 Å². The van der Waals surface area contributed by atoms with Gasteiger partial charge < -0.3 is 14.8 Å². The molecule has 0 amide bonds. The van der Waals surface area contributed by atoms with Crippen LogP contribution in [0.4, 0.5) is 0 Å². The van der Waals surface area contributed by atoms with E-state index in [1.165, 1.54) is 5.56 Å². The van der Waals surface area contributed by atoms with Crippen LogP contribution in [0.2, 0.25) is 0 Å². The minimum absolute atomic E-state index is 0.197. The van der Waals surface area contributed by atoms with E-state index in [0.717, 1.165) is 29.0 Å². The Morgan fingerprint density at radius 1 is 0.970 bits per heavy atom. The van der Waals surface area contributed by atoms with Gasteiger partial charge in [0.1, 0.15) is 17.8 Å². The molecule has 3 aromatic carbocycles. The normalized spacial score (nSPS) is 11.8. The lowest BCUT2D eigenvalue weighted by Crippen LogP contribution is -2.24. The van der Waals surface area contributed by atoms with Gasteiger partial charge in [-0.1, -0.05) is 66.4 Å². The largest absolute Gasteiger partial charge is 0.497 e. The van der Waals surface area contributed by atoms with Crippen molar-refractivity contribution >= 4 is 5.97 Å². The monoisotopic (exact) mass is 441 g/mol. The first-order chi connectivity index (χ1) is 15.9. The zero-order chi connectivity index (χ0) is 23.7. The molecule has 0 heterocycles. The van der Waals surface area contributed by atoms with Crippen molar-refractivity contribution in [2.24, 2.45) is 5.41 Å². The maximum Gasteiger partial charge on any atom is 0.324 e. The highest BCUT2D eigenvalue weighted by Crippen LogP contribution is 2.20. The summed E-state index contributed by atoms with van der Waals surface area (Å²) in [7, 11) is 1.68. The molecule has 0 aliphatic heterocycles. The third kappa shape index (κ3) is 7.24. The van der Waals surface area contributed by atoms with E-state index in [0.29, 0.717) is 0 Å². The second-order valence-corrected chi connectivity index (χ2v) is 8.51. The summed E-state index contributed by atoms with van der Waals surface area (Å²) < 4.78 is 10.8. The fourth-order valence-corrected chi connectivity index (χ4v) is 3.19. The second-order valence-electron chi connectivity index (χ2n) is 8.51. The van der Waals surface area contributed by atoms with Crippen LogP contribution in [0.1, 0.15) is 49.1 Å². The van der Waals surface area contributed by atoms with Gasteiger partial charge in [-0.15, -0.1) is 0 Å². The Labute approximate surface area is 196 Å². The molecule has 0 fully saturated rings. The van der Waals surface area contributed by atoms with E-state index >= 15 is 0 Å². The van der Waals surface area contributed by atoms with Crippen LogP contribution in [0.3, 0.4) is 0 Å².